The van der Waals surface area contributed by atoms with Gasteiger partial charge in [-0.15, -0.1) is 0 Å². The highest BCUT2D eigenvalue weighted by Crippen LogP contribution is 2.32. The lowest BCUT2D eigenvalue weighted by Crippen LogP contribution is -2.14. The third-order valence-electron chi connectivity index (χ3n) is 6.43. The third-order valence-corrected chi connectivity index (χ3v) is 6.43. The van der Waals surface area contributed by atoms with Gasteiger partial charge in [0.25, 0.3) is 0 Å². The molecule has 0 aliphatic carbocycles. The molecule has 0 saturated heterocycles. The molecule has 0 fully saturated rings. The van der Waals surface area contributed by atoms with Crippen molar-refractivity contribution in [2.24, 2.45) is 0 Å². The number of ether oxygens (including phenoxy) is 2. The fourth-order valence-corrected chi connectivity index (χ4v) is 4.40. The number of fused-ring (bicyclic) bond motifs is 1. The molecule has 1 N–H and O–H groups in total. The number of nitrogens with one attached hydrogen (secondary N) is 1. The fourth-order valence-electron chi connectivity index (χ4n) is 4.40. The van der Waals surface area contributed by atoms with Gasteiger partial charge in [-0.3, -0.25) is 4.79 Å². The molecule has 1 aromatic heterocycles. The number of halogens is 1. The molecule has 0 aliphatic heterocycles. The van der Waals surface area contributed by atoms with E-state index in [2.05, 4.69) is 41.4 Å². The summed E-state index contributed by atoms with van der Waals surface area (Å²) in [7, 11) is 0. The van der Waals surface area contributed by atoms with Crippen LogP contribution in [-0.4, -0.2) is 24.1 Å². The van der Waals surface area contributed by atoms with Crippen LogP contribution in [0.3, 0.4) is 0 Å². The molecule has 6 heteroatoms. The van der Waals surface area contributed by atoms with Crippen molar-refractivity contribution >= 4 is 16.9 Å². The van der Waals surface area contributed by atoms with Gasteiger partial charge in [0.15, 0.2) is 0 Å². The van der Waals surface area contributed by atoms with Gasteiger partial charge in [-0.2, -0.15) is 0 Å². The topological polar surface area (TPSA) is 60.5 Å². The second-order valence-electron chi connectivity index (χ2n) is 9.61. The molecule has 0 amide bonds. The Hall–Kier alpha value is -4.21. The lowest BCUT2D eigenvalue weighted by atomic mass is 10.0. The highest BCUT2D eigenvalue weighted by molar-refractivity contribution is 5.80. The second-order valence-corrected chi connectivity index (χ2v) is 9.61. The Labute approximate surface area is 235 Å². The van der Waals surface area contributed by atoms with E-state index in [9.17, 15) is 9.18 Å². The van der Waals surface area contributed by atoms with Crippen LogP contribution in [0.15, 0.2) is 84.9 Å². The maximum atomic E-state index is 13.1. The van der Waals surface area contributed by atoms with Gasteiger partial charge < -0.3 is 14.8 Å². The first-order valence-corrected chi connectivity index (χ1v) is 13.7. The molecule has 1 atom stereocenters. The molecule has 206 valence electrons. The molecule has 0 saturated carbocycles. The quantitative estimate of drug-likeness (QED) is 0.113. The second kappa shape index (κ2) is 15.4. The summed E-state index contributed by atoms with van der Waals surface area (Å²) >= 11 is 0. The van der Waals surface area contributed by atoms with E-state index in [1.165, 1.54) is 24.6 Å². The predicted molar refractivity (Wildman–Crippen MR) is 156 cm³/mol. The summed E-state index contributed by atoms with van der Waals surface area (Å²) in [5, 5.41) is 4.17. The van der Waals surface area contributed by atoms with E-state index in [0.717, 1.165) is 42.1 Å². The molecule has 0 radical (unpaired) electrons. The van der Waals surface area contributed by atoms with Gasteiger partial charge in [0, 0.05) is 18.9 Å². The van der Waals surface area contributed by atoms with Gasteiger partial charge in [-0.05, 0) is 61.1 Å². The van der Waals surface area contributed by atoms with Crippen LogP contribution in [0, 0.1) is 17.7 Å². The van der Waals surface area contributed by atoms with E-state index in [-0.39, 0.29) is 11.8 Å². The zero-order valence-electron chi connectivity index (χ0n) is 22.9. The van der Waals surface area contributed by atoms with Crippen molar-refractivity contribution in [3.63, 3.8) is 0 Å². The van der Waals surface area contributed by atoms with Crippen LogP contribution in [0.1, 0.15) is 55.4 Å². The zero-order valence-corrected chi connectivity index (χ0v) is 22.9. The smallest absolute Gasteiger partial charge is 0.303 e. The molecular formula is C34H35FN2O3. The SMILES string of the molecule is CC(=O)OC(CC#CCNCc1ccc(F)cc1)c1cc2ccccc2nc1OCCCCCc1ccccc1. The van der Waals surface area contributed by atoms with Crippen molar-refractivity contribution in [1.29, 1.82) is 0 Å². The highest BCUT2D eigenvalue weighted by atomic mass is 19.1. The van der Waals surface area contributed by atoms with E-state index >= 15 is 0 Å². The number of benzene rings is 3. The van der Waals surface area contributed by atoms with Crippen molar-refractivity contribution in [1.82, 2.24) is 10.3 Å². The van der Waals surface area contributed by atoms with Crippen LogP contribution in [0.25, 0.3) is 10.9 Å². The number of para-hydroxylation sites is 1. The summed E-state index contributed by atoms with van der Waals surface area (Å²) in [4.78, 5) is 16.8. The summed E-state index contributed by atoms with van der Waals surface area (Å²) in [6.07, 6.45) is 3.79. The van der Waals surface area contributed by atoms with Gasteiger partial charge in [0.1, 0.15) is 11.9 Å². The summed E-state index contributed by atoms with van der Waals surface area (Å²) in [5.41, 5.74) is 3.86. The average Bonchev–Trinajstić information content (AvgIpc) is 2.97. The maximum Gasteiger partial charge on any atom is 0.303 e. The van der Waals surface area contributed by atoms with E-state index in [1.54, 1.807) is 12.1 Å². The van der Waals surface area contributed by atoms with Crippen LogP contribution in [-0.2, 0) is 22.5 Å². The van der Waals surface area contributed by atoms with E-state index in [1.807, 2.05) is 36.4 Å². The lowest BCUT2D eigenvalue weighted by Gasteiger charge is -2.19. The number of aryl methyl sites for hydroxylation is 1. The van der Waals surface area contributed by atoms with Crippen molar-refractivity contribution < 1.29 is 18.7 Å². The van der Waals surface area contributed by atoms with Gasteiger partial charge in [0.05, 0.1) is 30.7 Å². The minimum atomic E-state index is -0.604. The Morgan fingerprint density at radius 3 is 2.50 bits per heavy atom. The number of carbonyl (C=O) groups excluding carboxylic acids is 1. The normalized spacial score (nSPS) is 11.4. The third kappa shape index (κ3) is 9.21. The van der Waals surface area contributed by atoms with Crippen molar-refractivity contribution in [2.75, 3.05) is 13.2 Å². The molecule has 4 rings (SSSR count). The molecule has 4 aromatic rings. The van der Waals surface area contributed by atoms with E-state index in [4.69, 9.17) is 14.5 Å². The molecule has 0 bridgehead atoms. The van der Waals surface area contributed by atoms with Crippen LogP contribution in [0.4, 0.5) is 4.39 Å². The highest BCUT2D eigenvalue weighted by Gasteiger charge is 2.21. The van der Waals surface area contributed by atoms with Crippen LogP contribution >= 0.6 is 0 Å². The molecule has 1 unspecified atom stereocenters. The summed E-state index contributed by atoms with van der Waals surface area (Å²) in [6, 6.07) is 26.6. The van der Waals surface area contributed by atoms with Crippen molar-refractivity contribution in [2.45, 2.75) is 51.7 Å². The van der Waals surface area contributed by atoms with Gasteiger partial charge >= 0.3 is 5.97 Å². The van der Waals surface area contributed by atoms with Crippen molar-refractivity contribution in [3.05, 3.63) is 107 Å². The van der Waals surface area contributed by atoms with E-state index in [0.29, 0.717) is 37.6 Å². The number of esters is 1. The lowest BCUT2D eigenvalue weighted by molar-refractivity contribution is -0.146. The molecule has 0 spiro atoms. The number of rotatable bonds is 13. The monoisotopic (exact) mass is 538 g/mol. The molecule has 3 aromatic carbocycles. The minimum absolute atomic E-state index is 0.255. The van der Waals surface area contributed by atoms with Gasteiger partial charge in [-0.1, -0.05) is 72.5 Å². The van der Waals surface area contributed by atoms with Gasteiger partial charge in [-0.25, -0.2) is 9.37 Å². The molecule has 40 heavy (non-hydrogen) atoms. The summed E-state index contributed by atoms with van der Waals surface area (Å²) in [5.74, 6) is 6.05. The summed E-state index contributed by atoms with van der Waals surface area (Å²) in [6.45, 7) is 2.96. The number of hydrogen-bond acceptors (Lipinski definition) is 5. The number of nitrogens with zero attached hydrogens (tertiary/aromatic N) is 1. The van der Waals surface area contributed by atoms with Crippen LogP contribution in [0.2, 0.25) is 0 Å². The minimum Gasteiger partial charge on any atom is -0.477 e. The first kappa shape index (κ1) is 28.8. The largest absolute Gasteiger partial charge is 0.477 e. The number of aromatic nitrogens is 1. The summed E-state index contributed by atoms with van der Waals surface area (Å²) < 4.78 is 24.9. The maximum absolute atomic E-state index is 13.1. The average molecular weight is 539 g/mol. The fraction of sp³-hybridized carbons (Fsp3) is 0.294. The van der Waals surface area contributed by atoms with Crippen LogP contribution in [0.5, 0.6) is 5.88 Å². The van der Waals surface area contributed by atoms with E-state index < -0.39 is 6.10 Å². The molecule has 5 nitrogen and oxygen atoms in total. The predicted octanol–water partition coefficient (Wildman–Crippen LogP) is 6.95. The number of unbranched alkanes of at least 4 members (excludes halogenated alkanes) is 2. The Kier molecular flexibility index (Phi) is 11.1. The standard InChI is InChI=1S/C34H35FN2O3/c1-26(38)40-33(17-9-10-22-36-25-28-18-20-30(35)21-19-28)31-24-29-15-7-8-16-32(29)37-34(31)39-23-11-3-6-14-27-12-4-2-5-13-27/h2,4-5,7-8,12-13,15-16,18-21,24,33,36H,3,6,11,14,17,22-23,25H2,1H3. The molecular weight excluding hydrogens is 503 g/mol. The first-order valence-electron chi connectivity index (χ1n) is 13.7. The Morgan fingerprint density at radius 2 is 1.70 bits per heavy atom. The van der Waals surface area contributed by atoms with Crippen LogP contribution < -0.4 is 10.1 Å². The Bertz CT molecular complexity index is 1430. The van der Waals surface area contributed by atoms with Crippen molar-refractivity contribution in [3.8, 4) is 17.7 Å². The number of hydrogen-bond donors (Lipinski definition) is 1. The Balaban J connectivity index is 1.38. The zero-order chi connectivity index (χ0) is 28.0. The number of pyridine rings is 1. The molecule has 1 heterocycles. The molecule has 0 aliphatic rings. The van der Waals surface area contributed by atoms with Gasteiger partial charge in [0.2, 0.25) is 5.88 Å². The Morgan fingerprint density at radius 1 is 0.925 bits per heavy atom. The first-order chi connectivity index (χ1) is 19.6. The number of carbonyl (C=O) groups is 1.